The first-order chi connectivity index (χ1) is 9.25. The molecular formula is C15H11BrN2O. The van der Waals surface area contributed by atoms with Crippen molar-refractivity contribution >= 4 is 33.2 Å². The SMILES string of the molecule is O=C1CN=C(c2ccccc2)c2cccc(Br)c2N1. The molecule has 0 radical (unpaired) electrons. The number of anilines is 1. The van der Waals surface area contributed by atoms with E-state index < -0.39 is 0 Å². The van der Waals surface area contributed by atoms with E-state index >= 15 is 0 Å². The van der Waals surface area contributed by atoms with Gasteiger partial charge in [-0.15, -0.1) is 0 Å². The third-order valence-corrected chi connectivity index (χ3v) is 3.62. The second-order valence-electron chi connectivity index (χ2n) is 4.24. The zero-order chi connectivity index (χ0) is 13.2. The Bertz CT molecular complexity index is 665. The van der Waals surface area contributed by atoms with Gasteiger partial charge in [0.15, 0.2) is 0 Å². The van der Waals surface area contributed by atoms with Crippen molar-refractivity contribution in [3.05, 3.63) is 64.1 Å². The normalized spacial score (nSPS) is 14.2. The van der Waals surface area contributed by atoms with Crippen molar-refractivity contribution in [2.24, 2.45) is 4.99 Å². The molecule has 1 aliphatic rings. The summed E-state index contributed by atoms with van der Waals surface area (Å²) in [6.07, 6.45) is 0. The minimum atomic E-state index is -0.0981. The summed E-state index contributed by atoms with van der Waals surface area (Å²) in [5.74, 6) is -0.0981. The van der Waals surface area contributed by atoms with E-state index in [4.69, 9.17) is 0 Å². The number of para-hydroxylation sites is 1. The van der Waals surface area contributed by atoms with Crippen LogP contribution < -0.4 is 5.32 Å². The Morgan fingerprint density at radius 1 is 1.05 bits per heavy atom. The average Bonchev–Trinajstić information content (AvgIpc) is 2.60. The summed E-state index contributed by atoms with van der Waals surface area (Å²) in [6, 6.07) is 15.7. The Kier molecular flexibility index (Phi) is 3.17. The van der Waals surface area contributed by atoms with E-state index in [-0.39, 0.29) is 12.5 Å². The standard InChI is InChI=1S/C15H11BrN2O/c16-12-8-4-7-11-14(10-5-2-1-3-6-10)17-9-13(19)18-15(11)12/h1-8H,9H2,(H,18,19). The highest BCUT2D eigenvalue weighted by atomic mass is 79.9. The van der Waals surface area contributed by atoms with Gasteiger partial charge in [-0.05, 0) is 22.0 Å². The summed E-state index contributed by atoms with van der Waals surface area (Å²) < 4.78 is 0.865. The van der Waals surface area contributed by atoms with Crippen LogP contribution in [0.2, 0.25) is 0 Å². The summed E-state index contributed by atoms with van der Waals surface area (Å²) in [5.41, 5.74) is 3.58. The number of halogens is 1. The second kappa shape index (κ2) is 4.97. The highest BCUT2D eigenvalue weighted by Crippen LogP contribution is 2.30. The Hall–Kier alpha value is -1.94. The largest absolute Gasteiger partial charge is 0.323 e. The summed E-state index contributed by atoms with van der Waals surface area (Å²) in [6.45, 7) is 0.144. The van der Waals surface area contributed by atoms with Crippen molar-refractivity contribution in [2.45, 2.75) is 0 Å². The Morgan fingerprint density at radius 2 is 1.84 bits per heavy atom. The van der Waals surface area contributed by atoms with Gasteiger partial charge in [0.05, 0.1) is 11.4 Å². The molecule has 4 heteroatoms. The minimum absolute atomic E-state index is 0.0981. The fourth-order valence-electron chi connectivity index (χ4n) is 2.11. The molecule has 1 N–H and O–H groups in total. The number of benzodiazepines with no additional fused rings is 1. The summed E-state index contributed by atoms with van der Waals surface area (Å²) in [4.78, 5) is 16.2. The van der Waals surface area contributed by atoms with E-state index in [9.17, 15) is 4.79 Å². The highest BCUT2D eigenvalue weighted by molar-refractivity contribution is 9.10. The van der Waals surface area contributed by atoms with Crippen LogP contribution in [0, 0.1) is 0 Å². The molecule has 0 saturated heterocycles. The van der Waals surface area contributed by atoms with Crippen molar-refractivity contribution < 1.29 is 4.79 Å². The molecule has 94 valence electrons. The Balaban J connectivity index is 2.21. The number of benzene rings is 2. The number of fused-ring (bicyclic) bond motifs is 1. The zero-order valence-corrected chi connectivity index (χ0v) is 11.6. The van der Waals surface area contributed by atoms with E-state index in [0.29, 0.717) is 0 Å². The van der Waals surface area contributed by atoms with E-state index in [1.165, 1.54) is 0 Å². The molecule has 3 rings (SSSR count). The molecule has 0 aromatic heterocycles. The lowest BCUT2D eigenvalue weighted by atomic mass is 10.0. The molecule has 0 spiro atoms. The summed E-state index contributed by atoms with van der Waals surface area (Å²) in [5, 5.41) is 2.89. The van der Waals surface area contributed by atoms with Crippen LogP contribution in [-0.2, 0) is 4.79 Å². The fraction of sp³-hybridized carbons (Fsp3) is 0.0667. The van der Waals surface area contributed by atoms with Gasteiger partial charge in [-0.3, -0.25) is 9.79 Å². The van der Waals surface area contributed by atoms with Crippen molar-refractivity contribution in [3.8, 4) is 0 Å². The van der Waals surface area contributed by atoms with Gasteiger partial charge in [-0.25, -0.2) is 0 Å². The maximum atomic E-state index is 11.7. The van der Waals surface area contributed by atoms with Gasteiger partial charge in [-0.1, -0.05) is 42.5 Å². The monoisotopic (exact) mass is 314 g/mol. The van der Waals surface area contributed by atoms with Crippen LogP contribution in [-0.4, -0.2) is 18.2 Å². The predicted molar refractivity (Wildman–Crippen MR) is 79.7 cm³/mol. The van der Waals surface area contributed by atoms with Crippen LogP contribution in [0.4, 0.5) is 5.69 Å². The minimum Gasteiger partial charge on any atom is -0.323 e. The van der Waals surface area contributed by atoms with Gasteiger partial charge < -0.3 is 5.32 Å². The lowest BCUT2D eigenvalue weighted by molar-refractivity contribution is -0.114. The van der Waals surface area contributed by atoms with Gasteiger partial charge >= 0.3 is 0 Å². The molecule has 19 heavy (non-hydrogen) atoms. The van der Waals surface area contributed by atoms with E-state index in [2.05, 4.69) is 26.2 Å². The van der Waals surface area contributed by atoms with Crippen LogP contribution in [0.1, 0.15) is 11.1 Å². The van der Waals surface area contributed by atoms with Gasteiger partial charge in [0, 0.05) is 15.6 Å². The molecule has 2 aromatic carbocycles. The molecule has 0 unspecified atom stereocenters. The first-order valence-electron chi connectivity index (χ1n) is 5.94. The fourth-order valence-corrected chi connectivity index (χ4v) is 2.57. The molecule has 0 aliphatic carbocycles. The van der Waals surface area contributed by atoms with Crippen molar-refractivity contribution in [3.63, 3.8) is 0 Å². The van der Waals surface area contributed by atoms with Crippen LogP contribution in [0.3, 0.4) is 0 Å². The topological polar surface area (TPSA) is 41.5 Å². The Morgan fingerprint density at radius 3 is 2.63 bits per heavy atom. The number of nitrogens with zero attached hydrogens (tertiary/aromatic N) is 1. The third-order valence-electron chi connectivity index (χ3n) is 2.96. The van der Waals surface area contributed by atoms with Gasteiger partial charge in [0.25, 0.3) is 0 Å². The average molecular weight is 315 g/mol. The number of hydrogen-bond acceptors (Lipinski definition) is 2. The number of aliphatic imine (C=N–C) groups is 1. The molecule has 0 bridgehead atoms. The quantitative estimate of drug-likeness (QED) is 0.862. The molecule has 1 aliphatic heterocycles. The molecule has 3 nitrogen and oxygen atoms in total. The highest BCUT2D eigenvalue weighted by Gasteiger charge is 2.19. The zero-order valence-electron chi connectivity index (χ0n) is 10.1. The third kappa shape index (κ3) is 2.31. The van der Waals surface area contributed by atoms with Gasteiger partial charge in [0.1, 0.15) is 6.54 Å². The summed E-state index contributed by atoms with van der Waals surface area (Å²) >= 11 is 3.47. The number of rotatable bonds is 1. The van der Waals surface area contributed by atoms with E-state index in [1.807, 2.05) is 48.5 Å². The molecular weight excluding hydrogens is 304 g/mol. The number of hydrogen-bond donors (Lipinski definition) is 1. The molecule has 0 saturated carbocycles. The number of nitrogens with one attached hydrogen (secondary N) is 1. The van der Waals surface area contributed by atoms with Gasteiger partial charge in [0.2, 0.25) is 5.91 Å². The maximum absolute atomic E-state index is 11.7. The first-order valence-corrected chi connectivity index (χ1v) is 6.73. The summed E-state index contributed by atoms with van der Waals surface area (Å²) in [7, 11) is 0. The van der Waals surface area contributed by atoms with Crippen molar-refractivity contribution in [1.82, 2.24) is 0 Å². The second-order valence-corrected chi connectivity index (χ2v) is 5.10. The molecule has 0 fully saturated rings. The number of carbonyl (C=O) groups is 1. The predicted octanol–water partition coefficient (Wildman–Crippen LogP) is 3.24. The van der Waals surface area contributed by atoms with Crippen molar-refractivity contribution in [1.29, 1.82) is 0 Å². The van der Waals surface area contributed by atoms with Crippen molar-refractivity contribution in [2.75, 3.05) is 11.9 Å². The molecule has 1 amide bonds. The van der Waals surface area contributed by atoms with Crippen LogP contribution in [0.5, 0.6) is 0 Å². The van der Waals surface area contributed by atoms with E-state index in [1.54, 1.807) is 0 Å². The maximum Gasteiger partial charge on any atom is 0.246 e. The van der Waals surface area contributed by atoms with Gasteiger partial charge in [-0.2, -0.15) is 0 Å². The van der Waals surface area contributed by atoms with E-state index in [0.717, 1.165) is 27.0 Å². The van der Waals surface area contributed by atoms with Crippen LogP contribution in [0.25, 0.3) is 0 Å². The molecule has 1 heterocycles. The van der Waals surface area contributed by atoms with Crippen LogP contribution in [0.15, 0.2) is 58.0 Å². The number of amides is 1. The number of carbonyl (C=O) groups excluding carboxylic acids is 1. The Labute approximate surface area is 119 Å². The lowest BCUT2D eigenvalue weighted by Crippen LogP contribution is -2.13. The molecule has 0 atom stereocenters. The van der Waals surface area contributed by atoms with Crippen LogP contribution >= 0.6 is 15.9 Å². The smallest absolute Gasteiger partial charge is 0.246 e. The first kappa shape index (κ1) is 12.1. The molecule has 2 aromatic rings. The lowest BCUT2D eigenvalue weighted by Gasteiger charge is -2.11.